The van der Waals surface area contributed by atoms with Gasteiger partial charge in [0, 0.05) is 17.6 Å². The van der Waals surface area contributed by atoms with Gasteiger partial charge in [-0.1, -0.05) is 30.9 Å². The Bertz CT molecular complexity index is 866. The van der Waals surface area contributed by atoms with Gasteiger partial charge < -0.3 is 15.5 Å². The molecule has 0 amide bonds. The normalized spacial score (nSPS) is 19.6. The van der Waals surface area contributed by atoms with Gasteiger partial charge >= 0.3 is 0 Å². The first-order valence-electron chi connectivity index (χ1n) is 10.1. The molecule has 1 aliphatic carbocycles. The summed E-state index contributed by atoms with van der Waals surface area (Å²) >= 11 is 6.40. The molecule has 1 unspecified atom stereocenters. The minimum atomic E-state index is -0.293. The van der Waals surface area contributed by atoms with Crippen LogP contribution in [-0.2, 0) is 0 Å². The highest BCUT2D eigenvalue weighted by Gasteiger charge is 2.30. The van der Waals surface area contributed by atoms with E-state index in [4.69, 9.17) is 11.6 Å². The Morgan fingerprint density at radius 3 is 2.71 bits per heavy atom. The number of benzene rings is 1. The van der Waals surface area contributed by atoms with E-state index >= 15 is 0 Å². The Morgan fingerprint density at radius 1 is 1.25 bits per heavy atom. The highest BCUT2D eigenvalue weighted by molar-refractivity contribution is 6.33. The molecule has 0 radical (unpaired) electrons. The Balaban J connectivity index is 1.69. The highest BCUT2D eigenvalue weighted by Crippen LogP contribution is 2.42. The van der Waals surface area contributed by atoms with E-state index in [1.807, 2.05) is 13.0 Å². The topological polar surface area (TPSA) is 53.1 Å². The van der Waals surface area contributed by atoms with Crippen molar-refractivity contribution in [2.75, 3.05) is 15.5 Å². The van der Waals surface area contributed by atoms with Crippen molar-refractivity contribution in [2.45, 2.75) is 71.1 Å². The predicted octanol–water partition coefficient (Wildman–Crippen LogP) is 5.67. The number of hydrogen-bond donors (Lipinski definition) is 2. The first-order chi connectivity index (χ1) is 13.4. The van der Waals surface area contributed by atoms with Crippen LogP contribution in [0.15, 0.2) is 18.3 Å². The van der Waals surface area contributed by atoms with E-state index in [0.717, 1.165) is 18.5 Å². The van der Waals surface area contributed by atoms with Crippen molar-refractivity contribution < 1.29 is 4.39 Å². The molecule has 1 atom stereocenters. The van der Waals surface area contributed by atoms with Crippen LogP contribution in [0.1, 0.15) is 52.9 Å². The number of hydrogen-bond acceptors (Lipinski definition) is 5. The van der Waals surface area contributed by atoms with E-state index in [1.54, 1.807) is 6.20 Å². The van der Waals surface area contributed by atoms with Gasteiger partial charge in [0.25, 0.3) is 0 Å². The van der Waals surface area contributed by atoms with Gasteiger partial charge in [-0.2, -0.15) is 0 Å². The molecular formula is C21H27ClFN5. The maximum Gasteiger partial charge on any atom is 0.223 e. The summed E-state index contributed by atoms with van der Waals surface area (Å²) in [5, 5.41) is 7.07. The third-order valence-corrected chi connectivity index (χ3v) is 5.91. The Morgan fingerprint density at radius 2 is 2.00 bits per heavy atom. The van der Waals surface area contributed by atoms with Crippen molar-refractivity contribution >= 4 is 28.9 Å². The first kappa shape index (κ1) is 19.2. The zero-order valence-corrected chi connectivity index (χ0v) is 17.4. The second-order valence-corrected chi connectivity index (χ2v) is 8.45. The first-order valence-corrected chi connectivity index (χ1v) is 10.5. The van der Waals surface area contributed by atoms with Gasteiger partial charge in [0.2, 0.25) is 5.95 Å². The summed E-state index contributed by atoms with van der Waals surface area (Å²) in [4.78, 5) is 11.1. The van der Waals surface area contributed by atoms with Crippen LogP contribution in [0.25, 0.3) is 11.3 Å². The average molecular weight is 404 g/mol. The number of rotatable bonds is 4. The van der Waals surface area contributed by atoms with Crippen molar-refractivity contribution in [3.05, 3.63) is 29.2 Å². The molecule has 0 saturated heterocycles. The Hall–Kier alpha value is -2.08. The number of halogens is 2. The number of aromatic nitrogens is 2. The van der Waals surface area contributed by atoms with Gasteiger partial charge in [-0.05, 0) is 45.7 Å². The van der Waals surface area contributed by atoms with Gasteiger partial charge in [-0.25, -0.2) is 14.4 Å². The molecule has 2 N–H and O–H groups in total. The lowest BCUT2D eigenvalue weighted by molar-refractivity contribution is 0.461. The van der Waals surface area contributed by atoms with E-state index in [1.165, 1.54) is 25.3 Å². The molecule has 5 nitrogen and oxygen atoms in total. The fourth-order valence-corrected chi connectivity index (χ4v) is 4.56. The highest BCUT2D eigenvalue weighted by atomic mass is 35.5. The molecule has 1 fully saturated rings. The smallest absolute Gasteiger partial charge is 0.223 e. The van der Waals surface area contributed by atoms with E-state index in [0.29, 0.717) is 34.0 Å². The van der Waals surface area contributed by atoms with Gasteiger partial charge in [0.05, 0.1) is 34.5 Å². The fourth-order valence-electron chi connectivity index (χ4n) is 4.36. The lowest BCUT2D eigenvalue weighted by atomic mass is 9.96. The maximum atomic E-state index is 14.9. The molecule has 4 rings (SSSR count). The standard InChI is InChI=1S/C21H27ClFN5/c1-12(2)28-13(3)25-20-17(23)9-14(10-18(20)28)19-16(22)11-24-21(27-19)26-15-7-5-4-6-8-15/h9-13,15,25H,4-8H2,1-3H3,(H,24,26,27). The zero-order valence-electron chi connectivity index (χ0n) is 16.6. The van der Waals surface area contributed by atoms with E-state index in [9.17, 15) is 4.39 Å². The van der Waals surface area contributed by atoms with Crippen LogP contribution in [0, 0.1) is 5.82 Å². The van der Waals surface area contributed by atoms with Gasteiger partial charge in [-0.3, -0.25) is 0 Å². The molecule has 1 saturated carbocycles. The fraction of sp³-hybridized carbons (Fsp3) is 0.524. The van der Waals surface area contributed by atoms with Crippen LogP contribution in [0.3, 0.4) is 0 Å². The van der Waals surface area contributed by atoms with Crippen molar-refractivity contribution in [1.29, 1.82) is 0 Å². The van der Waals surface area contributed by atoms with Crippen molar-refractivity contribution in [2.24, 2.45) is 0 Å². The molecule has 1 aliphatic heterocycles. The van der Waals surface area contributed by atoms with Gasteiger partial charge in [0.15, 0.2) is 0 Å². The summed E-state index contributed by atoms with van der Waals surface area (Å²) in [5.74, 6) is 0.262. The quantitative estimate of drug-likeness (QED) is 0.689. The summed E-state index contributed by atoms with van der Waals surface area (Å²) in [5.41, 5.74) is 2.60. The summed E-state index contributed by atoms with van der Waals surface area (Å²) in [6, 6.07) is 4.10. The van der Waals surface area contributed by atoms with Gasteiger partial charge in [-0.15, -0.1) is 0 Å². The number of nitrogens with one attached hydrogen (secondary N) is 2. The monoisotopic (exact) mass is 403 g/mol. The van der Waals surface area contributed by atoms with Crippen LogP contribution in [-0.4, -0.2) is 28.2 Å². The third kappa shape index (κ3) is 3.62. The van der Waals surface area contributed by atoms with E-state index < -0.39 is 0 Å². The molecule has 2 aliphatic rings. The molecule has 0 bridgehead atoms. The largest absolute Gasteiger partial charge is 0.361 e. The van der Waals surface area contributed by atoms with Crippen LogP contribution in [0.2, 0.25) is 5.02 Å². The SMILES string of the molecule is CC(C)N1c2cc(-c3nc(NC4CCCCC4)ncc3Cl)cc(F)c2NC1C. The minimum absolute atomic E-state index is 0.0316. The van der Waals surface area contributed by atoms with Crippen LogP contribution < -0.4 is 15.5 Å². The average Bonchev–Trinajstić information content (AvgIpc) is 3.01. The van der Waals surface area contributed by atoms with Crippen molar-refractivity contribution in [3.63, 3.8) is 0 Å². The molecule has 28 heavy (non-hydrogen) atoms. The molecule has 0 spiro atoms. The van der Waals surface area contributed by atoms with E-state index in [-0.39, 0.29) is 18.0 Å². The van der Waals surface area contributed by atoms with Gasteiger partial charge in [0.1, 0.15) is 5.82 Å². The second kappa shape index (κ2) is 7.74. The molecule has 2 aromatic rings. The summed E-state index contributed by atoms with van der Waals surface area (Å²) in [6.07, 6.45) is 7.63. The van der Waals surface area contributed by atoms with Crippen molar-refractivity contribution in [1.82, 2.24) is 9.97 Å². The Kier molecular flexibility index (Phi) is 5.32. The maximum absolute atomic E-state index is 14.9. The summed E-state index contributed by atoms with van der Waals surface area (Å²) in [6.45, 7) is 6.23. The Labute approximate surface area is 170 Å². The summed E-state index contributed by atoms with van der Waals surface area (Å²) in [7, 11) is 0. The molecule has 150 valence electrons. The molecular weight excluding hydrogens is 377 g/mol. The molecule has 2 heterocycles. The molecule has 1 aromatic carbocycles. The van der Waals surface area contributed by atoms with Crippen LogP contribution in [0.5, 0.6) is 0 Å². The second-order valence-electron chi connectivity index (χ2n) is 8.04. The number of nitrogens with zero attached hydrogens (tertiary/aromatic N) is 3. The minimum Gasteiger partial charge on any atom is -0.361 e. The van der Waals surface area contributed by atoms with Crippen molar-refractivity contribution in [3.8, 4) is 11.3 Å². The zero-order chi connectivity index (χ0) is 19.8. The third-order valence-electron chi connectivity index (χ3n) is 5.63. The lowest BCUT2D eigenvalue weighted by Gasteiger charge is -2.28. The molecule has 7 heteroatoms. The predicted molar refractivity (Wildman–Crippen MR) is 114 cm³/mol. The summed E-state index contributed by atoms with van der Waals surface area (Å²) < 4.78 is 14.9. The van der Waals surface area contributed by atoms with Crippen LogP contribution >= 0.6 is 11.6 Å². The van der Waals surface area contributed by atoms with E-state index in [2.05, 4.69) is 39.3 Å². The molecule has 1 aromatic heterocycles. The lowest BCUT2D eigenvalue weighted by Crippen LogP contribution is -2.38. The number of fused-ring (bicyclic) bond motifs is 1. The number of anilines is 3. The van der Waals surface area contributed by atoms with Crippen LogP contribution in [0.4, 0.5) is 21.7 Å².